The summed E-state index contributed by atoms with van der Waals surface area (Å²) < 4.78 is 0. The molecule has 0 saturated carbocycles. The number of aliphatic imine (C=N–C) groups is 1. The Hall–Kier alpha value is -2.62. The molecule has 146 valence electrons. The van der Waals surface area contributed by atoms with Gasteiger partial charge in [0.15, 0.2) is 28.4 Å². The lowest BCUT2D eigenvalue weighted by Crippen LogP contribution is -2.57. The number of amides is 2. The average molecular weight is 395 g/mol. The van der Waals surface area contributed by atoms with Crippen LogP contribution in [0.25, 0.3) is 0 Å². The Morgan fingerprint density at radius 1 is 1.22 bits per heavy atom. The van der Waals surface area contributed by atoms with E-state index in [1.807, 2.05) is 18.7 Å². The summed E-state index contributed by atoms with van der Waals surface area (Å²) in [7, 11) is 0. The molecular formula is C16H23ClN8O2. The molecule has 0 bridgehead atoms. The van der Waals surface area contributed by atoms with Gasteiger partial charge in [-0.2, -0.15) is 0 Å². The van der Waals surface area contributed by atoms with Crippen molar-refractivity contribution in [2.45, 2.75) is 32.2 Å². The summed E-state index contributed by atoms with van der Waals surface area (Å²) in [4.78, 5) is 38.5. The molecule has 1 saturated heterocycles. The van der Waals surface area contributed by atoms with Gasteiger partial charge in [-0.1, -0.05) is 25.4 Å². The first-order valence-corrected chi connectivity index (χ1v) is 9.10. The van der Waals surface area contributed by atoms with Gasteiger partial charge in [0.05, 0.1) is 12.1 Å². The summed E-state index contributed by atoms with van der Waals surface area (Å²) in [6.45, 7) is 5.64. The Balaban J connectivity index is 1.60. The number of likely N-dealkylation sites (tertiary alicyclic amines) is 1. The van der Waals surface area contributed by atoms with E-state index in [-0.39, 0.29) is 39.8 Å². The van der Waals surface area contributed by atoms with Gasteiger partial charge in [-0.05, 0) is 12.8 Å². The van der Waals surface area contributed by atoms with Crippen LogP contribution < -0.4 is 22.1 Å². The van der Waals surface area contributed by atoms with Crippen LogP contribution in [0.15, 0.2) is 4.99 Å². The number of carbonyl (C=O) groups is 2. The number of nitrogen functional groups attached to an aromatic ring is 2. The first-order chi connectivity index (χ1) is 12.7. The van der Waals surface area contributed by atoms with Gasteiger partial charge in [0.2, 0.25) is 5.91 Å². The number of nitrogens with zero attached hydrogens (tertiary/aromatic N) is 4. The number of anilines is 2. The second-order valence-electron chi connectivity index (χ2n) is 7.14. The highest BCUT2D eigenvalue weighted by Crippen LogP contribution is 2.26. The summed E-state index contributed by atoms with van der Waals surface area (Å²) in [5, 5.41) is 5.83. The van der Waals surface area contributed by atoms with Crippen molar-refractivity contribution in [3.05, 3.63) is 10.8 Å². The SMILES string of the molecule is CC(C)C(=O)N1CCC2(CC1)CN=C(NC(=O)c1nc(Cl)c(N)nc1N)N2. The average Bonchev–Trinajstić information content (AvgIpc) is 3.00. The zero-order valence-electron chi connectivity index (χ0n) is 15.3. The number of guanidine groups is 1. The largest absolute Gasteiger partial charge is 0.382 e. The fourth-order valence-electron chi connectivity index (χ4n) is 3.21. The molecule has 0 aromatic carbocycles. The number of hydrogen-bond acceptors (Lipinski definition) is 8. The van der Waals surface area contributed by atoms with Crippen molar-refractivity contribution in [1.82, 2.24) is 25.5 Å². The molecule has 10 nitrogen and oxygen atoms in total. The lowest BCUT2D eigenvalue weighted by Gasteiger charge is -2.39. The quantitative estimate of drug-likeness (QED) is 0.550. The molecule has 2 amide bonds. The van der Waals surface area contributed by atoms with Crippen molar-refractivity contribution in [3.8, 4) is 0 Å². The van der Waals surface area contributed by atoms with E-state index in [2.05, 4.69) is 25.6 Å². The maximum atomic E-state index is 12.4. The first-order valence-electron chi connectivity index (χ1n) is 8.72. The van der Waals surface area contributed by atoms with Gasteiger partial charge >= 0.3 is 0 Å². The third-order valence-electron chi connectivity index (χ3n) is 4.80. The van der Waals surface area contributed by atoms with Crippen LogP contribution in [-0.4, -0.2) is 57.8 Å². The van der Waals surface area contributed by atoms with E-state index in [0.717, 1.165) is 12.8 Å². The van der Waals surface area contributed by atoms with E-state index in [9.17, 15) is 9.59 Å². The number of piperidine rings is 1. The van der Waals surface area contributed by atoms with Crippen LogP contribution in [-0.2, 0) is 4.79 Å². The van der Waals surface area contributed by atoms with E-state index in [1.165, 1.54) is 0 Å². The van der Waals surface area contributed by atoms with Gasteiger partial charge in [0, 0.05) is 19.0 Å². The smallest absolute Gasteiger partial charge is 0.280 e. The van der Waals surface area contributed by atoms with Crippen molar-refractivity contribution < 1.29 is 9.59 Å². The van der Waals surface area contributed by atoms with Gasteiger partial charge in [-0.25, -0.2) is 9.97 Å². The van der Waals surface area contributed by atoms with Gasteiger partial charge in [-0.3, -0.25) is 19.9 Å². The van der Waals surface area contributed by atoms with Crippen molar-refractivity contribution in [1.29, 1.82) is 0 Å². The van der Waals surface area contributed by atoms with E-state index in [0.29, 0.717) is 25.6 Å². The number of nitrogens with one attached hydrogen (secondary N) is 2. The van der Waals surface area contributed by atoms with Crippen LogP contribution in [0.4, 0.5) is 11.6 Å². The van der Waals surface area contributed by atoms with Crippen molar-refractivity contribution in [2.24, 2.45) is 10.9 Å². The van der Waals surface area contributed by atoms with Gasteiger partial charge in [-0.15, -0.1) is 0 Å². The number of halogens is 1. The molecule has 0 aliphatic carbocycles. The molecule has 2 aliphatic rings. The summed E-state index contributed by atoms with van der Waals surface area (Å²) in [6.07, 6.45) is 1.51. The molecule has 1 fully saturated rings. The van der Waals surface area contributed by atoms with Gasteiger partial charge in [0.1, 0.15) is 0 Å². The van der Waals surface area contributed by atoms with Gasteiger partial charge < -0.3 is 21.7 Å². The maximum Gasteiger partial charge on any atom is 0.280 e. The zero-order valence-corrected chi connectivity index (χ0v) is 16.0. The summed E-state index contributed by atoms with van der Waals surface area (Å²) in [6, 6.07) is 0. The Morgan fingerprint density at radius 3 is 2.52 bits per heavy atom. The highest BCUT2D eigenvalue weighted by molar-refractivity contribution is 6.31. The summed E-state index contributed by atoms with van der Waals surface area (Å²) >= 11 is 5.81. The fraction of sp³-hybridized carbons (Fsp3) is 0.562. The molecule has 1 aromatic rings. The Labute approximate surface area is 161 Å². The molecular weight excluding hydrogens is 372 g/mol. The van der Waals surface area contributed by atoms with Crippen LogP contribution in [0.3, 0.4) is 0 Å². The van der Waals surface area contributed by atoms with Crippen molar-refractivity contribution >= 4 is 41.0 Å². The van der Waals surface area contributed by atoms with Crippen LogP contribution in [0.2, 0.25) is 5.15 Å². The third-order valence-corrected chi connectivity index (χ3v) is 5.08. The molecule has 11 heteroatoms. The minimum absolute atomic E-state index is 0.0139. The van der Waals surface area contributed by atoms with Gasteiger partial charge in [0.25, 0.3) is 5.91 Å². The molecule has 6 N–H and O–H groups in total. The molecule has 27 heavy (non-hydrogen) atoms. The molecule has 0 radical (unpaired) electrons. The van der Waals surface area contributed by atoms with Crippen molar-refractivity contribution in [3.63, 3.8) is 0 Å². The number of aromatic nitrogens is 2. The highest BCUT2D eigenvalue weighted by atomic mass is 35.5. The monoisotopic (exact) mass is 394 g/mol. The van der Waals surface area contributed by atoms with E-state index in [1.54, 1.807) is 0 Å². The van der Waals surface area contributed by atoms with Crippen LogP contribution >= 0.6 is 11.6 Å². The lowest BCUT2D eigenvalue weighted by molar-refractivity contribution is -0.136. The maximum absolute atomic E-state index is 12.4. The normalized spacial score (nSPS) is 18.4. The molecule has 3 rings (SSSR count). The summed E-state index contributed by atoms with van der Waals surface area (Å²) in [5.74, 6) is -0.228. The van der Waals surface area contributed by atoms with Crippen molar-refractivity contribution in [2.75, 3.05) is 31.1 Å². The minimum Gasteiger partial charge on any atom is -0.382 e. The zero-order chi connectivity index (χ0) is 19.8. The predicted octanol–water partition coefficient (Wildman–Crippen LogP) is 0.000600. The molecule has 1 aromatic heterocycles. The number of nitrogens with two attached hydrogens (primary N) is 2. The Kier molecular flexibility index (Phi) is 5.09. The van der Waals surface area contributed by atoms with Crippen LogP contribution in [0.1, 0.15) is 37.2 Å². The topological polar surface area (TPSA) is 152 Å². The number of hydrogen-bond donors (Lipinski definition) is 4. The molecule has 3 heterocycles. The Bertz CT molecular complexity index is 802. The number of rotatable bonds is 2. The second-order valence-corrected chi connectivity index (χ2v) is 7.50. The van der Waals surface area contributed by atoms with Crippen LogP contribution in [0.5, 0.6) is 0 Å². The van der Waals surface area contributed by atoms with Crippen LogP contribution in [0, 0.1) is 5.92 Å². The standard InChI is InChI=1S/C16H23ClN8O2/c1-8(2)14(27)25-5-3-16(4-6-25)7-20-15(24-16)23-13(26)9-11(18)22-12(19)10(17)21-9/h8H,3-7H2,1-2H3,(H4,18,19,22)(H2,20,23,24,26). The number of carbonyl (C=O) groups excluding carboxylic acids is 2. The highest BCUT2D eigenvalue weighted by Gasteiger charge is 2.40. The van der Waals surface area contributed by atoms with E-state index < -0.39 is 5.91 Å². The molecule has 2 aliphatic heterocycles. The fourth-order valence-corrected chi connectivity index (χ4v) is 3.34. The third kappa shape index (κ3) is 3.90. The second kappa shape index (κ2) is 7.18. The van der Waals surface area contributed by atoms with E-state index >= 15 is 0 Å². The molecule has 1 spiro atoms. The molecule has 0 unspecified atom stereocenters. The predicted molar refractivity (Wildman–Crippen MR) is 102 cm³/mol. The lowest BCUT2D eigenvalue weighted by atomic mass is 9.88. The Morgan fingerprint density at radius 2 is 1.89 bits per heavy atom. The minimum atomic E-state index is -0.572. The first kappa shape index (κ1) is 19.2. The van der Waals surface area contributed by atoms with E-state index in [4.69, 9.17) is 23.1 Å². The molecule has 0 atom stereocenters. The summed E-state index contributed by atoms with van der Waals surface area (Å²) in [5.41, 5.74) is 10.8.